The van der Waals surface area contributed by atoms with Crippen LogP contribution in [0.5, 0.6) is 0 Å². The quantitative estimate of drug-likeness (QED) is 0.906. The van der Waals surface area contributed by atoms with Crippen LogP contribution < -0.4 is 0 Å². The molecule has 0 aliphatic rings. The highest BCUT2D eigenvalue weighted by Gasteiger charge is 2.12. The third-order valence-corrected chi connectivity index (χ3v) is 3.67. The predicted molar refractivity (Wildman–Crippen MR) is 64.6 cm³/mol. The van der Waals surface area contributed by atoms with E-state index in [9.17, 15) is 4.79 Å². The van der Waals surface area contributed by atoms with Gasteiger partial charge in [-0.25, -0.2) is 9.78 Å². The Balaban J connectivity index is 2.25. The maximum Gasteiger partial charge on any atom is 0.365 e. The number of hydrogen-bond acceptors (Lipinski definition) is 4. The molecule has 6 heteroatoms. The number of carboxylic acid groups (broad SMARTS) is 1. The van der Waals surface area contributed by atoms with E-state index in [-0.39, 0.29) is 5.01 Å². The Hall–Kier alpha value is -1.69. The van der Waals surface area contributed by atoms with Crippen molar-refractivity contribution < 1.29 is 9.90 Å². The van der Waals surface area contributed by atoms with Crippen molar-refractivity contribution in [2.75, 3.05) is 0 Å². The summed E-state index contributed by atoms with van der Waals surface area (Å²) in [6.45, 7) is 6.50. The molecule has 2 heterocycles. The predicted octanol–water partition coefficient (Wildman–Crippen LogP) is 2.01. The highest BCUT2D eigenvalue weighted by atomic mass is 32.1. The van der Waals surface area contributed by atoms with Crippen LogP contribution >= 0.6 is 11.3 Å². The number of aromatic nitrogens is 3. The molecular weight excluding hydrogens is 238 g/mol. The van der Waals surface area contributed by atoms with Crippen molar-refractivity contribution in [3.63, 3.8) is 0 Å². The minimum absolute atomic E-state index is 0.123. The van der Waals surface area contributed by atoms with Gasteiger partial charge in [0.15, 0.2) is 0 Å². The van der Waals surface area contributed by atoms with Crippen LogP contribution in [0.25, 0.3) is 0 Å². The zero-order chi connectivity index (χ0) is 12.6. The van der Waals surface area contributed by atoms with Crippen LogP contribution in [0, 0.1) is 20.8 Å². The van der Waals surface area contributed by atoms with Gasteiger partial charge in [-0.3, -0.25) is 4.68 Å². The summed E-state index contributed by atoms with van der Waals surface area (Å²) in [6, 6.07) is 0. The van der Waals surface area contributed by atoms with Crippen LogP contribution in [0.1, 0.15) is 32.4 Å². The number of carbonyl (C=O) groups is 1. The Labute approximate surface area is 103 Å². The molecule has 1 N–H and O–H groups in total. The number of carboxylic acids is 1. The minimum Gasteiger partial charge on any atom is -0.476 e. The second kappa shape index (κ2) is 4.29. The van der Waals surface area contributed by atoms with Crippen molar-refractivity contribution in [1.82, 2.24) is 14.8 Å². The number of rotatable bonds is 3. The Morgan fingerprint density at radius 2 is 2.18 bits per heavy atom. The minimum atomic E-state index is -0.981. The Bertz CT molecular complexity index is 571. The monoisotopic (exact) mass is 251 g/mol. The maximum atomic E-state index is 10.7. The average molecular weight is 251 g/mol. The first kappa shape index (κ1) is 11.8. The molecule has 90 valence electrons. The fourth-order valence-electron chi connectivity index (χ4n) is 1.57. The molecule has 2 aromatic heterocycles. The van der Waals surface area contributed by atoms with E-state index in [0.29, 0.717) is 6.54 Å². The van der Waals surface area contributed by atoms with E-state index < -0.39 is 5.97 Å². The zero-order valence-corrected chi connectivity index (χ0v) is 10.7. The highest BCUT2D eigenvalue weighted by Crippen LogP contribution is 2.15. The largest absolute Gasteiger partial charge is 0.476 e. The van der Waals surface area contributed by atoms with Crippen molar-refractivity contribution >= 4 is 17.3 Å². The van der Waals surface area contributed by atoms with E-state index in [2.05, 4.69) is 10.1 Å². The van der Waals surface area contributed by atoms with Gasteiger partial charge in [-0.05, 0) is 26.3 Å². The third kappa shape index (κ3) is 2.21. The molecule has 0 aromatic carbocycles. The van der Waals surface area contributed by atoms with Gasteiger partial charge in [-0.15, -0.1) is 11.3 Å². The molecule has 5 nitrogen and oxygen atoms in total. The van der Waals surface area contributed by atoms with Crippen LogP contribution in [0.3, 0.4) is 0 Å². The molecule has 0 amide bonds. The summed E-state index contributed by atoms with van der Waals surface area (Å²) >= 11 is 1.14. The summed E-state index contributed by atoms with van der Waals surface area (Å²) in [5.74, 6) is -0.981. The molecule has 2 rings (SSSR count). The number of aryl methyl sites for hydroxylation is 1. The van der Waals surface area contributed by atoms with Gasteiger partial charge in [-0.2, -0.15) is 5.10 Å². The first-order valence-corrected chi connectivity index (χ1v) is 6.05. The van der Waals surface area contributed by atoms with Gasteiger partial charge in [0.1, 0.15) is 0 Å². The molecule has 0 radical (unpaired) electrons. The topological polar surface area (TPSA) is 68.0 Å². The molecule has 2 aromatic rings. The molecule has 0 saturated carbocycles. The summed E-state index contributed by atoms with van der Waals surface area (Å²) in [5, 5.41) is 15.1. The van der Waals surface area contributed by atoms with Gasteiger partial charge in [-0.1, -0.05) is 0 Å². The SMILES string of the molecule is Cc1nn(Cc2csc(C(=O)O)n2)c(C)c1C. The molecule has 0 unspecified atom stereocenters. The van der Waals surface area contributed by atoms with Crippen LogP contribution in [0.15, 0.2) is 5.38 Å². The number of hydrogen-bond donors (Lipinski definition) is 1. The smallest absolute Gasteiger partial charge is 0.365 e. The lowest BCUT2D eigenvalue weighted by Crippen LogP contribution is -2.05. The van der Waals surface area contributed by atoms with Gasteiger partial charge >= 0.3 is 5.97 Å². The van der Waals surface area contributed by atoms with Gasteiger partial charge in [0.2, 0.25) is 5.01 Å². The van der Waals surface area contributed by atoms with E-state index >= 15 is 0 Å². The Morgan fingerprint density at radius 3 is 2.65 bits per heavy atom. The first-order valence-electron chi connectivity index (χ1n) is 5.17. The van der Waals surface area contributed by atoms with E-state index in [1.165, 1.54) is 5.56 Å². The van der Waals surface area contributed by atoms with Crippen LogP contribution in [-0.2, 0) is 6.54 Å². The summed E-state index contributed by atoms with van der Waals surface area (Å²) in [4.78, 5) is 14.8. The van der Waals surface area contributed by atoms with Crippen LogP contribution in [0.4, 0.5) is 0 Å². The van der Waals surface area contributed by atoms with Crippen LogP contribution in [-0.4, -0.2) is 25.8 Å². The Morgan fingerprint density at radius 1 is 1.47 bits per heavy atom. The first-order chi connectivity index (χ1) is 7.99. The lowest BCUT2D eigenvalue weighted by Gasteiger charge is -2.01. The van der Waals surface area contributed by atoms with Gasteiger partial charge in [0.05, 0.1) is 17.9 Å². The van der Waals surface area contributed by atoms with Crippen molar-refractivity contribution in [2.24, 2.45) is 0 Å². The molecule has 0 aliphatic heterocycles. The van der Waals surface area contributed by atoms with Crippen molar-refractivity contribution in [2.45, 2.75) is 27.3 Å². The van der Waals surface area contributed by atoms with Crippen molar-refractivity contribution in [1.29, 1.82) is 0 Å². The standard InChI is InChI=1S/C11H13N3O2S/c1-6-7(2)13-14(8(6)3)4-9-5-17-10(12-9)11(15)16/h5H,4H2,1-3H3,(H,15,16). The van der Waals surface area contributed by atoms with Gasteiger partial charge in [0, 0.05) is 11.1 Å². The van der Waals surface area contributed by atoms with Crippen molar-refractivity contribution in [3.8, 4) is 0 Å². The van der Waals surface area contributed by atoms with Gasteiger partial charge < -0.3 is 5.11 Å². The van der Waals surface area contributed by atoms with E-state index in [1.54, 1.807) is 5.38 Å². The van der Waals surface area contributed by atoms with E-state index in [0.717, 1.165) is 28.4 Å². The second-order valence-corrected chi connectivity index (χ2v) is 4.76. The maximum absolute atomic E-state index is 10.7. The normalized spacial score (nSPS) is 10.8. The summed E-state index contributed by atoms with van der Waals surface area (Å²) in [7, 11) is 0. The second-order valence-electron chi connectivity index (χ2n) is 3.90. The lowest BCUT2D eigenvalue weighted by atomic mass is 10.2. The molecule has 17 heavy (non-hydrogen) atoms. The summed E-state index contributed by atoms with van der Waals surface area (Å²) in [5.41, 5.74) is 3.99. The van der Waals surface area contributed by atoms with E-state index in [1.807, 2.05) is 25.5 Å². The molecule has 0 aliphatic carbocycles. The summed E-state index contributed by atoms with van der Waals surface area (Å²) in [6.07, 6.45) is 0. The third-order valence-electron chi connectivity index (χ3n) is 2.79. The average Bonchev–Trinajstić information content (AvgIpc) is 2.82. The van der Waals surface area contributed by atoms with Gasteiger partial charge in [0.25, 0.3) is 0 Å². The number of nitrogens with zero attached hydrogens (tertiary/aromatic N) is 3. The Kier molecular flexibility index (Phi) is 2.97. The number of aromatic carboxylic acids is 1. The highest BCUT2D eigenvalue weighted by molar-refractivity contribution is 7.11. The molecule has 0 fully saturated rings. The lowest BCUT2D eigenvalue weighted by molar-refractivity contribution is 0.0696. The zero-order valence-electron chi connectivity index (χ0n) is 9.89. The number of thiazole rings is 1. The molecule has 0 atom stereocenters. The molecule has 0 spiro atoms. The van der Waals surface area contributed by atoms with E-state index in [4.69, 9.17) is 5.11 Å². The summed E-state index contributed by atoms with van der Waals surface area (Å²) < 4.78 is 1.85. The molecule has 0 bridgehead atoms. The fraction of sp³-hybridized carbons (Fsp3) is 0.364. The fourth-order valence-corrected chi connectivity index (χ4v) is 2.22. The van der Waals surface area contributed by atoms with Crippen molar-refractivity contribution in [3.05, 3.63) is 33.0 Å². The van der Waals surface area contributed by atoms with Crippen LogP contribution in [0.2, 0.25) is 0 Å². The molecule has 0 saturated heterocycles. The molecular formula is C11H13N3O2S.